The monoisotopic (exact) mass is 161 g/mol. The number of nitrogens with zero attached hydrogens (tertiary/aromatic N) is 1. The molecule has 2 N–H and O–H groups in total. The van der Waals surface area contributed by atoms with Crippen LogP contribution in [0.3, 0.4) is 0 Å². The zero-order chi connectivity index (χ0) is 9.33. The maximum absolute atomic E-state index is 5.03. The number of quaternary nitrogens is 1. The third-order valence-corrected chi connectivity index (χ3v) is 2.00. The Kier molecular flexibility index (Phi) is 9.85. The Morgan fingerprint density at radius 2 is 1.27 bits per heavy atom. The lowest BCUT2D eigenvalue weighted by molar-refractivity contribution is -0.886. The Hall–Kier alpha value is -0.0800. The Labute approximate surface area is 72.0 Å². The van der Waals surface area contributed by atoms with E-state index in [1.54, 1.807) is 0 Å². The molecule has 2 heteroatoms. The molecule has 0 saturated carbocycles. The lowest BCUT2D eigenvalue weighted by atomic mass is 10.5. The van der Waals surface area contributed by atoms with E-state index in [1.165, 1.54) is 13.1 Å². The van der Waals surface area contributed by atoms with E-state index < -0.39 is 0 Å². The van der Waals surface area contributed by atoms with Crippen LogP contribution in [-0.4, -0.2) is 38.2 Å². The van der Waals surface area contributed by atoms with Gasteiger partial charge in [0, 0.05) is 0 Å². The maximum atomic E-state index is 5.03. The summed E-state index contributed by atoms with van der Waals surface area (Å²) in [6.07, 6.45) is 1.10. The van der Waals surface area contributed by atoms with Crippen LogP contribution >= 0.6 is 0 Å². The van der Waals surface area contributed by atoms with Gasteiger partial charge in [-0.25, -0.2) is 0 Å². The van der Waals surface area contributed by atoms with Gasteiger partial charge in [-0.2, -0.15) is 0 Å². The van der Waals surface area contributed by atoms with Crippen molar-refractivity contribution in [1.29, 1.82) is 0 Å². The zero-order valence-electron chi connectivity index (χ0n) is 8.85. The van der Waals surface area contributed by atoms with Gasteiger partial charge in [0.25, 0.3) is 0 Å². The van der Waals surface area contributed by atoms with Crippen LogP contribution in [0.5, 0.6) is 0 Å². The Morgan fingerprint density at radius 3 is 1.27 bits per heavy atom. The topological polar surface area (TPSA) is 26.0 Å². The molecule has 0 radical (unpaired) electrons. The van der Waals surface area contributed by atoms with Gasteiger partial charge in [-0.1, -0.05) is 6.92 Å². The van der Waals surface area contributed by atoms with Gasteiger partial charge in [-0.05, 0) is 26.8 Å². The van der Waals surface area contributed by atoms with Crippen LogP contribution in [0.25, 0.3) is 0 Å². The van der Waals surface area contributed by atoms with Crippen LogP contribution in [0.1, 0.15) is 27.2 Å². The minimum Gasteiger partial charge on any atom is -0.330 e. The summed E-state index contributed by atoms with van der Waals surface area (Å²) in [6.45, 7) is 9.76. The van der Waals surface area contributed by atoms with Crippen LogP contribution in [0, 0.1) is 0 Å². The van der Waals surface area contributed by atoms with Gasteiger partial charge in [0.2, 0.25) is 0 Å². The van der Waals surface area contributed by atoms with Crippen molar-refractivity contribution in [2.75, 3.05) is 33.7 Å². The van der Waals surface area contributed by atoms with Crippen molar-refractivity contribution in [3.05, 3.63) is 0 Å². The first-order valence-electron chi connectivity index (χ1n) is 4.56. The molecular weight excluding hydrogens is 136 g/mol. The summed E-state index contributed by atoms with van der Waals surface area (Å²) < 4.78 is 1.14. The zero-order valence-corrected chi connectivity index (χ0v) is 8.85. The standard InChI is InChI=1S/C6H16N.C3H9N/c1-5-7(3,4)6-2;1-2-3-4/h5-6H2,1-4H3;2-4H2,1H3/q+1;. The fourth-order valence-electron chi connectivity index (χ4n) is 0.224. The van der Waals surface area contributed by atoms with Gasteiger partial charge in [0.1, 0.15) is 0 Å². The van der Waals surface area contributed by atoms with E-state index in [0.717, 1.165) is 17.4 Å². The van der Waals surface area contributed by atoms with Gasteiger partial charge in [-0.3, -0.25) is 0 Å². The number of nitrogens with two attached hydrogens (primary N) is 1. The lowest BCUT2D eigenvalue weighted by Crippen LogP contribution is -2.38. The first-order valence-corrected chi connectivity index (χ1v) is 4.56. The first-order chi connectivity index (χ1) is 5.04. The summed E-state index contributed by atoms with van der Waals surface area (Å²) in [4.78, 5) is 0. The molecule has 0 atom stereocenters. The second kappa shape index (κ2) is 8.02. The molecule has 0 bridgehead atoms. The van der Waals surface area contributed by atoms with E-state index in [-0.39, 0.29) is 0 Å². The van der Waals surface area contributed by atoms with Gasteiger partial charge in [-0.15, -0.1) is 0 Å². The first kappa shape index (κ1) is 13.5. The smallest absolute Gasteiger partial charge is 0.0753 e. The van der Waals surface area contributed by atoms with E-state index in [1.807, 2.05) is 0 Å². The SMILES string of the molecule is CCCN.CC[N+](C)(C)CC. The summed E-state index contributed by atoms with van der Waals surface area (Å²) in [5.41, 5.74) is 5.03. The van der Waals surface area contributed by atoms with Crippen molar-refractivity contribution in [2.45, 2.75) is 27.2 Å². The van der Waals surface area contributed by atoms with Crippen LogP contribution in [0.15, 0.2) is 0 Å². The maximum Gasteiger partial charge on any atom is 0.0753 e. The molecule has 0 amide bonds. The molecule has 0 aliphatic rings. The van der Waals surface area contributed by atoms with E-state index in [0.29, 0.717) is 0 Å². The number of hydrogen-bond donors (Lipinski definition) is 1. The second-order valence-corrected chi connectivity index (χ2v) is 3.36. The molecule has 0 aromatic rings. The van der Waals surface area contributed by atoms with Gasteiger partial charge in [0.15, 0.2) is 0 Å². The minimum atomic E-state index is 0.819. The van der Waals surface area contributed by atoms with Gasteiger partial charge >= 0.3 is 0 Å². The molecule has 11 heavy (non-hydrogen) atoms. The highest BCUT2D eigenvalue weighted by Crippen LogP contribution is 1.91. The molecule has 0 unspecified atom stereocenters. The largest absolute Gasteiger partial charge is 0.330 e. The quantitative estimate of drug-likeness (QED) is 0.623. The molecule has 0 aromatic heterocycles. The summed E-state index contributed by atoms with van der Waals surface area (Å²) in [7, 11) is 4.47. The molecule has 0 heterocycles. The van der Waals surface area contributed by atoms with E-state index in [9.17, 15) is 0 Å². The highest BCUT2D eigenvalue weighted by Gasteiger charge is 2.04. The van der Waals surface area contributed by atoms with Crippen LogP contribution in [0.4, 0.5) is 0 Å². The molecule has 0 aromatic carbocycles. The van der Waals surface area contributed by atoms with Crippen molar-refractivity contribution in [3.8, 4) is 0 Å². The fraction of sp³-hybridized carbons (Fsp3) is 1.00. The average Bonchev–Trinajstić information content (AvgIpc) is 2.05. The van der Waals surface area contributed by atoms with E-state index >= 15 is 0 Å². The van der Waals surface area contributed by atoms with Crippen molar-refractivity contribution in [2.24, 2.45) is 5.73 Å². The third kappa shape index (κ3) is 13.0. The second-order valence-electron chi connectivity index (χ2n) is 3.36. The van der Waals surface area contributed by atoms with Gasteiger partial charge < -0.3 is 10.2 Å². The van der Waals surface area contributed by atoms with Crippen molar-refractivity contribution >= 4 is 0 Å². The number of hydrogen-bond acceptors (Lipinski definition) is 1. The molecule has 0 fully saturated rings. The third-order valence-electron chi connectivity index (χ3n) is 2.00. The predicted octanol–water partition coefficient (Wildman–Crippen LogP) is 1.46. The van der Waals surface area contributed by atoms with Crippen molar-refractivity contribution < 1.29 is 4.48 Å². The van der Waals surface area contributed by atoms with Crippen LogP contribution < -0.4 is 5.73 Å². The normalized spacial score (nSPS) is 10.4. The molecule has 0 aliphatic carbocycles. The predicted molar refractivity (Wildman–Crippen MR) is 52.5 cm³/mol. The van der Waals surface area contributed by atoms with Gasteiger partial charge in [0.05, 0.1) is 27.2 Å². The minimum absolute atomic E-state index is 0.819. The Bertz CT molecular complexity index is 62.0. The molecule has 0 spiro atoms. The highest BCUT2D eigenvalue weighted by molar-refractivity contribution is 4.19. The highest BCUT2D eigenvalue weighted by atomic mass is 15.3. The Morgan fingerprint density at radius 1 is 1.00 bits per heavy atom. The number of rotatable bonds is 3. The van der Waals surface area contributed by atoms with Crippen LogP contribution in [-0.2, 0) is 0 Å². The molecule has 0 aliphatic heterocycles. The molecule has 70 valence electrons. The van der Waals surface area contributed by atoms with E-state index in [4.69, 9.17) is 5.73 Å². The summed E-state index contributed by atoms with van der Waals surface area (Å²) in [5.74, 6) is 0. The fourth-order valence-corrected chi connectivity index (χ4v) is 0.224. The molecule has 2 nitrogen and oxygen atoms in total. The average molecular weight is 161 g/mol. The lowest BCUT2D eigenvalue weighted by Gasteiger charge is -2.25. The van der Waals surface area contributed by atoms with Crippen molar-refractivity contribution in [3.63, 3.8) is 0 Å². The van der Waals surface area contributed by atoms with E-state index in [2.05, 4.69) is 34.9 Å². The van der Waals surface area contributed by atoms with Crippen molar-refractivity contribution in [1.82, 2.24) is 0 Å². The Balaban J connectivity index is 0. The van der Waals surface area contributed by atoms with Crippen LogP contribution in [0.2, 0.25) is 0 Å². The molecule has 0 saturated heterocycles. The summed E-state index contributed by atoms with van der Waals surface area (Å²) in [6, 6.07) is 0. The summed E-state index contributed by atoms with van der Waals surface area (Å²) in [5, 5.41) is 0. The summed E-state index contributed by atoms with van der Waals surface area (Å²) >= 11 is 0. The molecule has 0 rings (SSSR count). The molecular formula is C9H25N2+.